The molecular weight excluding hydrogens is 925 g/mol. The number of rotatable bonds is 53. The number of carbonyl (C=O) groups is 3. The number of allylic oxidation sites excluding steroid dienone is 24. The summed E-state index contributed by atoms with van der Waals surface area (Å²) in [6.07, 6.45) is 88.9. The monoisotopic (exact) mass is 1030 g/mol. The van der Waals surface area contributed by atoms with Crippen molar-refractivity contribution in [3.05, 3.63) is 146 Å². The molecule has 75 heavy (non-hydrogen) atoms. The third-order valence-corrected chi connectivity index (χ3v) is 12.3. The standard InChI is InChI=1S/C69H110O6/c1-4-7-10-13-15-17-19-21-23-25-27-29-30-31-32-33-34-35-36-37-38-40-41-43-45-47-49-51-53-56-59-62-68(71)74-65-66(64-73-67(70)61-58-55-12-9-6-3)75-69(72)63-60-57-54-52-50-48-46-44-42-39-28-26-24-22-20-18-16-14-11-8-5-2/h7,10,15,17,20-23,26-29,31-32,34-35,37-38,41-44,47,49,66H,4-6,8-9,11-14,16,18-19,24-25,30,33,36,39-40,45-46,48,50-65H2,1-3H3/b10-7-,17-15-,22-20-,23-21-,28-26-,29-27-,32-31-,35-34-,38-37-,43-41-,44-42-,49-47-. The molecule has 0 aromatic rings. The summed E-state index contributed by atoms with van der Waals surface area (Å²) in [5, 5.41) is 0. The van der Waals surface area contributed by atoms with Crippen LogP contribution in [0.5, 0.6) is 0 Å². The Morgan fingerprint density at radius 2 is 0.520 bits per heavy atom. The van der Waals surface area contributed by atoms with E-state index in [1.807, 2.05) is 0 Å². The second kappa shape index (κ2) is 61.8. The van der Waals surface area contributed by atoms with Gasteiger partial charge >= 0.3 is 17.9 Å². The minimum Gasteiger partial charge on any atom is -0.462 e. The fourth-order valence-electron chi connectivity index (χ4n) is 7.79. The lowest BCUT2D eigenvalue weighted by molar-refractivity contribution is -0.167. The lowest BCUT2D eigenvalue weighted by Gasteiger charge is -2.18. The van der Waals surface area contributed by atoms with Crippen LogP contribution in [-0.4, -0.2) is 37.2 Å². The molecule has 0 rings (SSSR count). The molecule has 0 aromatic carbocycles. The summed E-state index contributed by atoms with van der Waals surface area (Å²) in [7, 11) is 0. The third kappa shape index (κ3) is 60.0. The summed E-state index contributed by atoms with van der Waals surface area (Å²) >= 11 is 0. The normalized spacial score (nSPS) is 13.2. The van der Waals surface area contributed by atoms with E-state index in [2.05, 4.69) is 167 Å². The molecule has 0 aliphatic rings. The highest BCUT2D eigenvalue weighted by molar-refractivity contribution is 5.71. The molecule has 0 amide bonds. The van der Waals surface area contributed by atoms with Gasteiger partial charge in [0.15, 0.2) is 6.10 Å². The molecule has 0 bridgehead atoms. The average Bonchev–Trinajstić information content (AvgIpc) is 3.41. The third-order valence-electron chi connectivity index (χ3n) is 12.3. The van der Waals surface area contributed by atoms with Gasteiger partial charge < -0.3 is 14.2 Å². The average molecular weight is 1040 g/mol. The SMILES string of the molecule is CC/C=C\C/C=C\C/C=C\C/C=C\C/C=C\C/C=C\C/C=C\C/C=C\C/C=C\CCCCCC(=O)OCC(COC(=O)CCCCCCC)OC(=O)CCCCCCCC/C=C\C/C=C\C/C=C\CCCCCCC. The van der Waals surface area contributed by atoms with Gasteiger partial charge in [0.25, 0.3) is 0 Å². The minimum atomic E-state index is -0.802. The molecule has 1 unspecified atom stereocenters. The molecule has 6 nitrogen and oxygen atoms in total. The molecule has 0 heterocycles. The number of hydrogen-bond acceptors (Lipinski definition) is 6. The van der Waals surface area contributed by atoms with Gasteiger partial charge in [0.1, 0.15) is 13.2 Å². The summed E-state index contributed by atoms with van der Waals surface area (Å²) in [4.78, 5) is 37.8. The number of esters is 3. The van der Waals surface area contributed by atoms with Crippen LogP contribution in [0.3, 0.4) is 0 Å². The second-order valence-corrected chi connectivity index (χ2v) is 19.5. The van der Waals surface area contributed by atoms with Gasteiger partial charge in [-0.1, -0.05) is 250 Å². The van der Waals surface area contributed by atoms with Crippen LogP contribution >= 0.6 is 0 Å². The number of ether oxygens (including phenoxy) is 3. The highest BCUT2D eigenvalue weighted by atomic mass is 16.6. The summed E-state index contributed by atoms with van der Waals surface area (Å²) in [6.45, 7) is 6.38. The van der Waals surface area contributed by atoms with Crippen LogP contribution in [0, 0.1) is 0 Å². The Balaban J connectivity index is 4.22. The van der Waals surface area contributed by atoms with E-state index < -0.39 is 6.10 Å². The van der Waals surface area contributed by atoms with Gasteiger partial charge in [-0.25, -0.2) is 0 Å². The van der Waals surface area contributed by atoms with Gasteiger partial charge in [-0.15, -0.1) is 0 Å². The van der Waals surface area contributed by atoms with Gasteiger partial charge in [-0.3, -0.25) is 14.4 Å². The van der Waals surface area contributed by atoms with E-state index in [0.29, 0.717) is 19.3 Å². The smallest absolute Gasteiger partial charge is 0.306 e. The fourth-order valence-corrected chi connectivity index (χ4v) is 7.79. The molecular formula is C69H110O6. The lowest BCUT2D eigenvalue weighted by atomic mass is 10.1. The zero-order chi connectivity index (χ0) is 54.3. The summed E-state index contributed by atoms with van der Waals surface area (Å²) in [6, 6.07) is 0. The van der Waals surface area contributed by atoms with E-state index in [0.717, 1.165) is 161 Å². The van der Waals surface area contributed by atoms with E-state index in [4.69, 9.17) is 14.2 Å². The molecule has 0 saturated heterocycles. The van der Waals surface area contributed by atoms with Gasteiger partial charge in [0.05, 0.1) is 0 Å². The molecule has 0 radical (unpaired) electrons. The zero-order valence-electron chi connectivity index (χ0n) is 48.3. The van der Waals surface area contributed by atoms with E-state index >= 15 is 0 Å². The van der Waals surface area contributed by atoms with Gasteiger partial charge in [0, 0.05) is 19.3 Å². The molecule has 0 N–H and O–H groups in total. The fraction of sp³-hybridized carbons (Fsp3) is 0.609. The Kier molecular flexibility index (Phi) is 58.0. The van der Waals surface area contributed by atoms with Crippen molar-refractivity contribution in [2.24, 2.45) is 0 Å². The molecule has 0 saturated carbocycles. The molecule has 0 aliphatic heterocycles. The topological polar surface area (TPSA) is 78.9 Å². The van der Waals surface area contributed by atoms with Crippen molar-refractivity contribution in [3.8, 4) is 0 Å². The van der Waals surface area contributed by atoms with Crippen LogP contribution in [-0.2, 0) is 28.6 Å². The van der Waals surface area contributed by atoms with Crippen molar-refractivity contribution in [1.29, 1.82) is 0 Å². The van der Waals surface area contributed by atoms with Crippen LogP contribution in [0.4, 0.5) is 0 Å². The van der Waals surface area contributed by atoms with Crippen molar-refractivity contribution < 1.29 is 28.6 Å². The van der Waals surface area contributed by atoms with E-state index in [1.54, 1.807) is 0 Å². The molecule has 1 atom stereocenters. The quantitative estimate of drug-likeness (QED) is 0.0261. The highest BCUT2D eigenvalue weighted by Crippen LogP contribution is 2.13. The van der Waals surface area contributed by atoms with E-state index in [9.17, 15) is 14.4 Å². The van der Waals surface area contributed by atoms with Crippen LogP contribution in [0.15, 0.2) is 146 Å². The minimum absolute atomic E-state index is 0.0997. The number of unbranched alkanes of at least 4 members (excludes halogenated alkanes) is 18. The maximum Gasteiger partial charge on any atom is 0.306 e. The molecule has 0 aromatic heterocycles. The Labute approximate surface area is 461 Å². The lowest BCUT2D eigenvalue weighted by Crippen LogP contribution is -2.30. The Morgan fingerprint density at radius 1 is 0.280 bits per heavy atom. The predicted molar refractivity (Wildman–Crippen MR) is 325 cm³/mol. The van der Waals surface area contributed by atoms with Crippen molar-refractivity contribution in [2.75, 3.05) is 13.2 Å². The Morgan fingerprint density at radius 3 is 0.827 bits per heavy atom. The maximum absolute atomic E-state index is 12.8. The van der Waals surface area contributed by atoms with E-state index in [-0.39, 0.29) is 31.1 Å². The molecule has 0 fully saturated rings. The van der Waals surface area contributed by atoms with Gasteiger partial charge in [-0.05, 0) is 128 Å². The summed E-state index contributed by atoms with van der Waals surface area (Å²) in [5.74, 6) is -0.966. The van der Waals surface area contributed by atoms with Crippen LogP contribution in [0.25, 0.3) is 0 Å². The van der Waals surface area contributed by atoms with E-state index in [1.165, 1.54) is 51.4 Å². The largest absolute Gasteiger partial charge is 0.462 e. The van der Waals surface area contributed by atoms with Crippen molar-refractivity contribution in [2.45, 2.75) is 258 Å². The van der Waals surface area contributed by atoms with Crippen molar-refractivity contribution in [3.63, 3.8) is 0 Å². The predicted octanol–water partition coefficient (Wildman–Crippen LogP) is 20.8. The molecule has 422 valence electrons. The van der Waals surface area contributed by atoms with Gasteiger partial charge in [-0.2, -0.15) is 0 Å². The Bertz CT molecular complexity index is 1660. The first-order valence-corrected chi connectivity index (χ1v) is 30.3. The van der Waals surface area contributed by atoms with Crippen LogP contribution < -0.4 is 0 Å². The summed E-state index contributed by atoms with van der Waals surface area (Å²) in [5.41, 5.74) is 0. The second-order valence-electron chi connectivity index (χ2n) is 19.5. The first-order chi connectivity index (χ1) is 37.0. The van der Waals surface area contributed by atoms with Crippen LogP contribution in [0.2, 0.25) is 0 Å². The Hall–Kier alpha value is -4.71. The van der Waals surface area contributed by atoms with Crippen LogP contribution in [0.1, 0.15) is 252 Å². The first-order valence-electron chi connectivity index (χ1n) is 30.3. The first kappa shape index (κ1) is 70.3. The zero-order valence-corrected chi connectivity index (χ0v) is 48.3. The van der Waals surface area contributed by atoms with Crippen molar-refractivity contribution >= 4 is 17.9 Å². The van der Waals surface area contributed by atoms with Crippen molar-refractivity contribution in [1.82, 2.24) is 0 Å². The summed E-state index contributed by atoms with van der Waals surface area (Å²) < 4.78 is 16.7. The molecule has 0 spiro atoms. The van der Waals surface area contributed by atoms with Gasteiger partial charge in [0.2, 0.25) is 0 Å². The molecule has 0 aliphatic carbocycles. The number of carbonyl (C=O) groups excluding carboxylic acids is 3. The molecule has 6 heteroatoms. The maximum atomic E-state index is 12.8. The number of hydrogen-bond donors (Lipinski definition) is 0. The highest BCUT2D eigenvalue weighted by Gasteiger charge is 2.19.